The molecule has 1 saturated heterocycles. The first kappa shape index (κ1) is 18.6. The molecule has 1 unspecified atom stereocenters. The molecule has 0 radical (unpaired) electrons. The number of methoxy groups -OCH3 is 2. The molecule has 0 spiro atoms. The van der Waals surface area contributed by atoms with E-state index >= 15 is 0 Å². The Morgan fingerprint density at radius 3 is 2.62 bits per heavy atom. The molecule has 0 aromatic heterocycles. The second-order valence-electron chi connectivity index (χ2n) is 6.26. The number of ether oxygens (including phenoxy) is 2. The lowest BCUT2D eigenvalue weighted by Crippen LogP contribution is -2.44. The zero-order chi connectivity index (χ0) is 17.5. The lowest BCUT2D eigenvalue weighted by molar-refractivity contribution is -0.137. The van der Waals surface area contributed by atoms with Gasteiger partial charge in [-0.05, 0) is 51.4 Å². The highest BCUT2D eigenvalue weighted by Crippen LogP contribution is 2.27. The lowest BCUT2D eigenvalue weighted by atomic mass is 9.96. The van der Waals surface area contributed by atoms with Crippen molar-refractivity contribution in [3.63, 3.8) is 0 Å². The van der Waals surface area contributed by atoms with Crippen molar-refractivity contribution in [3.8, 4) is 11.5 Å². The van der Waals surface area contributed by atoms with Crippen molar-refractivity contribution in [2.24, 2.45) is 5.92 Å². The third kappa shape index (κ3) is 4.41. The van der Waals surface area contributed by atoms with E-state index in [9.17, 15) is 4.79 Å². The van der Waals surface area contributed by atoms with Crippen molar-refractivity contribution in [2.45, 2.75) is 33.2 Å². The molecule has 24 heavy (non-hydrogen) atoms. The van der Waals surface area contributed by atoms with Crippen molar-refractivity contribution in [2.75, 3.05) is 40.4 Å². The molecule has 1 aliphatic heterocycles. The maximum absolute atomic E-state index is 12.6. The SMILES string of the molecule is CCN(CC)C(=O)C1CCCN(Cc2cc(OC)ccc2OC)C1. The Morgan fingerprint density at radius 2 is 2.00 bits per heavy atom. The molecule has 0 N–H and O–H groups in total. The standard InChI is InChI=1S/C19H30N2O3/c1-5-21(6-2)19(22)15-8-7-11-20(13-15)14-16-12-17(23-3)9-10-18(16)24-4/h9-10,12,15H,5-8,11,13-14H2,1-4H3. The van der Waals surface area contributed by atoms with Crippen LogP contribution in [-0.2, 0) is 11.3 Å². The van der Waals surface area contributed by atoms with Crippen LogP contribution in [0.5, 0.6) is 11.5 Å². The number of likely N-dealkylation sites (tertiary alicyclic amines) is 1. The molecule has 5 nitrogen and oxygen atoms in total. The molecule has 0 saturated carbocycles. The van der Waals surface area contributed by atoms with Gasteiger partial charge in [-0.15, -0.1) is 0 Å². The van der Waals surface area contributed by atoms with Gasteiger partial charge in [-0.25, -0.2) is 0 Å². The van der Waals surface area contributed by atoms with Crippen LogP contribution < -0.4 is 9.47 Å². The summed E-state index contributed by atoms with van der Waals surface area (Å²) in [6.45, 7) is 8.28. The number of hydrogen-bond acceptors (Lipinski definition) is 4. The van der Waals surface area contributed by atoms with Crippen LogP contribution in [0.4, 0.5) is 0 Å². The smallest absolute Gasteiger partial charge is 0.226 e. The predicted molar refractivity (Wildman–Crippen MR) is 95.5 cm³/mol. The second kappa shape index (κ2) is 8.92. The minimum atomic E-state index is 0.107. The fourth-order valence-electron chi connectivity index (χ4n) is 3.44. The number of carbonyl (C=O) groups is 1. The monoisotopic (exact) mass is 334 g/mol. The molecule has 1 atom stereocenters. The fraction of sp³-hybridized carbons (Fsp3) is 0.632. The second-order valence-corrected chi connectivity index (χ2v) is 6.26. The Bertz CT molecular complexity index is 543. The van der Waals surface area contributed by atoms with Crippen LogP contribution in [0.2, 0.25) is 0 Å². The van der Waals surface area contributed by atoms with Gasteiger partial charge >= 0.3 is 0 Å². The van der Waals surface area contributed by atoms with E-state index < -0.39 is 0 Å². The lowest BCUT2D eigenvalue weighted by Gasteiger charge is -2.34. The van der Waals surface area contributed by atoms with Gasteiger partial charge in [-0.1, -0.05) is 0 Å². The van der Waals surface area contributed by atoms with Crippen molar-refractivity contribution < 1.29 is 14.3 Å². The van der Waals surface area contributed by atoms with Crippen LogP contribution >= 0.6 is 0 Å². The van der Waals surface area contributed by atoms with Gasteiger partial charge in [0, 0.05) is 31.7 Å². The number of piperidine rings is 1. The van der Waals surface area contributed by atoms with Crippen LogP contribution in [0.1, 0.15) is 32.3 Å². The number of rotatable bonds is 7. The van der Waals surface area contributed by atoms with Crippen molar-refractivity contribution in [1.82, 2.24) is 9.80 Å². The van der Waals surface area contributed by atoms with Crippen LogP contribution in [0.25, 0.3) is 0 Å². The molecule has 0 bridgehead atoms. The van der Waals surface area contributed by atoms with Gasteiger partial charge in [0.25, 0.3) is 0 Å². The Hall–Kier alpha value is -1.75. The molecule has 1 aliphatic rings. The maximum atomic E-state index is 12.6. The topological polar surface area (TPSA) is 42.0 Å². The largest absolute Gasteiger partial charge is 0.497 e. The summed E-state index contributed by atoms with van der Waals surface area (Å²) in [6.07, 6.45) is 2.05. The summed E-state index contributed by atoms with van der Waals surface area (Å²) in [5.41, 5.74) is 1.10. The van der Waals surface area contributed by atoms with E-state index in [4.69, 9.17) is 9.47 Å². The fourth-order valence-corrected chi connectivity index (χ4v) is 3.44. The average molecular weight is 334 g/mol. The Labute approximate surface area is 145 Å². The molecule has 1 aromatic rings. The Balaban J connectivity index is 2.06. The van der Waals surface area contributed by atoms with E-state index in [1.165, 1.54) is 0 Å². The van der Waals surface area contributed by atoms with E-state index in [1.807, 2.05) is 36.9 Å². The molecule has 134 valence electrons. The number of amides is 1. The zero-order valence-corrected chi connectivity index (χ0v) is 15.4. The maximum Gasteiger partial charge on any atom is 0.226 e. The number of nitrogens with zero attached hydrogens (tertiary/aromatic N) is 2. The number of hydrogen-bond donors (Lipinski definition) is 0. The predicted octanol–water partition coefficient (Wildman–Crippen LogP) is 2.78. The van der Waals surface area contributed by atoms with E-state index in [0.29, 0.717) is 5.91 Å². The number of benzene rings is 1. The summed E-state index contributed by atoms with van der Waals surface area (Å²) >= 11 is 0. The van der Waals surface area contributed by atoms with Gasteiger partial charge < -0.3 is 14.4 Å². The van der Waals surface area contributed by atoms with Gasteiger partial charge in [0.2, 0.25) is 5.91 Å². The van der Waals surface area contributed by atoms with Gasteiger partial charge in [-0.2, -0.15) is 0 Å². The van der Waals surface area contributed by atoms with Crippen LogP contribution in [0.15, 0.2) is 18.2 Å². The first-order valence-electron chi connectivity index (χ1n) is 8.84. The molecule has 2 rings (SSSR count). The first-order valence-corrected chi connectivity index (χ1v) is 8.84. The normalized spacial score (nSPS) is 18.2. The van der Waals surface area contributed by atoms with Gasteiger partial charge in [-0.3, -0.25) is 9.69 Å². The van der Waals surface area contributed by atoms with E-state index in [0.717, 1.165) is 62.6 Å². The third-order valence-electron chi connectivity index (χ3n) is 4.81. The van der Waals surface area contributed by atoms with Gasteiger partial charge in [0.05, 0.1) is 20.1 Å². The highest BCUT2D eigenvalue weighted by atomic mass is 16.5. The summed E-state index contributed by atoms with van der Waals surface area (Å²) in [7, 11) is 3.36. The average Bonchev–Trinajstić information content (AvgIpc) is 2.62. The van der Waals surface area contributed by atoms with Crippen LogP contribution in [0.3, 0.4) is 0 Å². The summed E-state index contributed by atoms with van der Waals surface area (Å²) in [5.74, 6) is 2.10. The van der Waals surface area contributed by atoms with Crippen molar-refractivity contribution in [3.05, 3.63) is 23.8 Å². The molecule has 1 fully saturated rings. The summed E-state index contributed by atoms with van der Waals surface area (Å²) in [5, 5.41) is 0. The minimum Gasteiger partial charge on any atom is -0.497 e. The van der Waals surface area contributed by atoms with E-state index in [1.54, 1.807) is 14.2 Å². The highest BCUT2D eigenvalue weighted by Gasteiger charge is 2.28. The Kier molecular flexibility index (Phi) is 6.91. The molecule has 1 heterocycles. The molecule has 5 heteroatoms. The van der Waals surface area contributed by atoms with Crippen LogP contribution in [-0.4, -0.2) is 56.1 Å². The third-order valence-corrected chi connectivity index (χ3v) is 4.81. The molecule has 1 amide bonds. The summed E-state index contributed by atoms with van der Waals surface area (Å²) < 4.78 is 10.8. The summed E-state index contributed by atoms with van der Waals surface area (Å²) in [4.78, 5) is 16.9. The van der Waals surface area contributed by atoms with Crippen molar-refractivity contribution in [1.29, 1.82) is 0 Å². The molecule has 1 aromatic carbocycles. The minimum absolute atomic E-state index is 0.107. The van der Waals surface area contributed by atoms with E-state index in [2.05, 4.69) is 4.90 Å². The molecule has 0 aliphatic carbocycles. The van der Waals surface area contributed by atoms with Crippen molar-refractivity contribution >= 4 is 5.91 Å². The quantitative estimate of drug-likeness (QED) is 0.769. The van der Waals surface area contributed by atoms with Gasteiger partial charge in [0.1, 0.15) is 11.5 Å². The molecular formula is C19H30N2O3. The van der Waals surface area contributed by atoms with E-state index in [-0.39, 0.29) is 5.92 Å². The molecular weight excluding hydrogens is 304 g/mol. The summed E-state index contributed by atoms with van der Waals surface area (Å²) in [6, 6.07) is 5.87. The van der Waals surface area contributed by atoms with Gasteiger partial charge in [0.15, 0.2) is 0 Å². The number of carbonyl (C=O) groups excluding carboxylic acids is 1. The zero-order valence-electron chi connectivity index (χ0n) is 15.4. The highest BCUT2D eigenvalue weighted by molar-refractivity contribution is 5.79. The van der Waals surface area contributed by atoms with Crippen LogP contribution in [0, 0.1) is 5.92 Å². The first-order chi connectivity index (χ1) is 11.6. The Morgan fingerprint density at radius 1 is 1.25 bits per heavy atom.